The molecule has 1 aliphatic heterocycles. The molecular formula is C35H26FN3S. The zero-order valence-corrected chi connectivity index (χ0v) is 22.8. The van der Waals surface area contributed by atoms with E-state index in [1.54, 1.807) is 0 Å². The lowest BCUT2D eigenvalue weighted by molar-refractivity contribution is 0.402. The monoisotopic (exact) mass is 539 g/mol. The molecule has 0 spiro atoms. The van der Waals surface area contributed by atoms with Crippen LogP contribution in [0.1, 0.15) is 17.3 Å². The molecule has 0 saturated carbocycles. The number of alkyl halides is 1. The Morgan fingerprint density at radius 2 is 1.45 bits per heavy atom. The third kappa shape index (κ3) is 3.55. The number of aromatic nitrogens is 1. The van der Waals surface area contributed by atoms with Crippen molar-refractivity contribution in [1.29, 1.82) is 0 Å². The topological polar surface area (TPSA) is 11.4 Å². The van der Waals surface area contributed by atoms with Crippen LogP contribution in [-0.4, -0.2) is 23.2 Å². The second-order valence-corrected chi connectivity index (χ2v) is 11.6. The summed E-state index contributed by atoms with van der Waals surface area (Å²) in [5.74, 6) is 0. The zero-order chi connectivity index (χ0) is 26.8. The minimum absolute atomic E-state index is 0.658. The van der Waals surface area contributed by atoms with E-state index in [0.29, 0.717) is 11.1 Å². The van der Waals surface area contributed by atoms with Crippen LogP contribution in [0.5, 0.6) is 0 Å². The van der Waals surface area contributed by atoms with E-state index in [9.17, 15) is 0 Å². The van der Waals surface area contributed by atoms with Gasteiger partial charge in [-0.1, -0.05) is 66.7 Å². The summed E-state index contributed by atoms with van der Waals surface area (Å²) >= 11 is 1.82. The maximum Gasteiger partial charge on any atom is 0.150 e. The summed E-state index contributed by atoms with van der Waals surface area (Å²) in [7, 11) is 2.03. The SMILES string of the molecule is CN1C=CN(c2cccc(C(F)c3ccc4c5ccc6sc7ccccc7c6c5n(-c5ccccc5)c4c3)c2)C1. The summed E-state index contributed by atoms with van der Waals surface area (Å²) in [6.07, 6.45) is 2.83. The number of rotatable bonds is 4. The highest BCUT2D eigenvalue weighted by Gasteiger charge is 2.21. The predicted molar refractivity (Wildman–Crippen MR) is 167 cm³/mol. The van der Waals surface area contributed by atoms with Crippen molar-refractivity contribution in [2.45, 2.75) is 6.17 Å². The maximum atomic E-state index is 16.3. The Bertz CT molecular complexity index is 2090. The summed E-state index contributed by atoms with van der Waals surface area (Å²) in [5, 5.41) is 4.83. The molecule has 1 unspecified atom stereocenters. The summed E-state index contributed by atoms with van der Waals surface area (Å²) < 4.78 is 21.1. The fourth-order valence-electron chi connectivity index (χ4n) is 6.08. The number of anilines is 1. The molecule has 7 aromatic rings. The molecule has 0 aliphatic carbocycles. The molecule has 0 saturated heterocycles. The molecule has 5 aromatic carbocycles. The first kappa shape index (κ1) is 23.3. The van der Waals surface area contributed by atoms with Crippen molar-refractivity contribution in [2.24, 2.45) is 0 Å². The van der Waals surface area contributed by atoms with Gasteiger partial charge in [-0.2, -0.15) is 0 Å². The Labute approximate surface area is 235 Å². The molecule has 0 N–H and O–H groups in total. The maximum absolute atomic E-state index is 16.3. The van der Waals surface area contributed by atoms with E-state index in [0.717, 1.165) is 28.9 Å². The average Bonchev–Trinajstić information content (AvgIpc) is 3.70. The highest BCUT2D eigenvalue weighted by Crippen LogP contribution is 2.43. The number of nitrogens with zero attached hydrogens (tertiary/aromatic N) is 3. The van der Waals surface area contributed by atoms with E-state index in [1.807, 2.05) is 73.2 Å². The van der Waals surface area contributed by atoms with E-state index >= 15 is 4.39 Å². The van der Waals surface area contributed by atoms with E-state index in [1.165, 1.54) is 31.1 Å². The fraction of sp³-hybridized carbons (Fsp3) is 0.0857. The normalized spacial score (nSPS) is 14.3. The van der Waals surface area contributed by atoms with Crippen molar-refractivity contribution < 1.29 is 4.39 Å². The molecule has 5 heteroatoms. The third-order valence-electron chi connectivity index (χ3n) is 7.97. The van der Waals surface area contributed by atoms with E-state index in [4.69, 9.17) is 0 Å². The summed E-state index contributed by atoms with van der Waals surface area (Å²) in [4.78, 5) is 4.23. The fourth-order valence-corrected chi connectivity index (χ4v) is 7.19. The van der Waals surface area contributed by atoms with E-state index < -0.39 is 6.17 Å². The molecule has 2 aromatic heterocycles. The van der Waals surface area contributed by atoms with Gasteiger partial charge in [-0.05, 0) is 53.6 Å². The molecule has 194 valence electrons. The smallest absolute Gasteiger partial charge is 0.150 e. The molecule has 1 aliphatic rings. The molecule has 0 amide bonds. The predicted octanol–water partition coefficient (Wildman–Crippen LogP) is 9.39. The number of thiophene rings is 1. The molecule has 3 heterocycles. The van der Waals surface area contributed by atoms with Gasteiger partial charge in [0.25, 0.3) is 0 Å². The lowest BCUT2D eigenvalue weighted by Gasteiger charge is -2.20. The summed E-state index contributed by atoms with van der Waals surface area (Å²) in [5.41, 5.74) is 5.58. The number of fused-ring (bicyclic) bond motifs is 7. The van der Waals surface area contributed by atoms with Gasteiger partial charge in [-0.3, -0.25) is 0 Å². The lowest BCUT2D eigenvalue weighted by atomic mass is 10.0. The van der Waals surface area contributed by atoms with Gasteiger partial charge < -0.3 is 14.4 Å². The first-order valence-electron chi connectivity index (χ1n) is 13.5. The van der Waals surface area contributed by atoms with Crippen LogP contribution in [0.2, 0.25) is 0 Å². The van der Waals surface area contributed by atoms with E-state index in [2.05, 4.69) is 81.1 Å². The lowest BCUT2D eigenvalue weighted by Crippen LogP contribution is -2.21. The minimum atomic E-state index is -1.24. The molecule has 0 radical (unpaired) electrons. The van der Waals surface area contributed by atoms with Crippen LogP contribution in [0.25, 0.3) is 47.7 Å². The van der Waals surface area contributed by atoms with Crippen molar-refractivity contribution in [3.63, 3.8) is 0 Å². The molecule has 40 heavy (non-hydrogen) atoms. The number of hydrogen-bond acceptors (Lipinski definition) is 3. The van der Waals surface area contributed by atoms with Gasteiger partial charge in [0.05, 0.1) is 17.7 Å². The largest absolute Gasteiger partial charge is 0.361 e. The van der Waals surface area contributed by atoms with Gasteiger partial charge in [-0.25, -0.2) is 4.39 Å². The van der Waals surface area contributed by atoms with Gasteiger partial charge in [-0.15, -0.1) is 11.3 Å². The first-order valence-corrected chi connectivity index (χ1v) is 14.3. The molecule has 0 bridgehead atoms. The van der Waals surface area contributed by atoms with E-state index in [-0.39, 0.29) is 0 Å². The van der Waals surface area contributed by atoms with Gasteiger partial charge in [0.15, 0.2) is 6.17 Å². The van der Waals surface area contributed by atoms with Gasteiger partial charge in [0.2, 0.25) is 0 Å². The minimum Gasteiger partial charge on any atom is -0.361 e. The van der Waals surface area contributed by atoms with Crippen LogP contribution >= 0.6 is 11.3 Å². The molecule has 8 rings (SSSR count). The number of benzene rings is 5. The summed E-state index contributed by atoms with van der Waals surface area (Å²) in [6.45, 7) is 0.759. The molecule has 0 fully saturated rings. The van der Waals surface area contributed by atoms with Crippen molar-refractivity contribution in [2.75, 3.05) is 18.6 Å². The second-order valence-electron chi connectivity index (χ2n) is 10.5. The summed E-state index contributed by atoms with van der Waals surface area (Å²) in [6, 6.07) is 37.4. The number of hydrogen-bond donors (Lipinski definition) is 0. The Morgan fingerprint density at radius 1 is 0.675 bits per heavy atom. The van der Waals surface area contributed by atoms with Crippen LogP contribution in [-0.2, 0) is 0 Å². The van der Waals surface area contributed by atoms with Gasteiger partial charge in [0, 0.05) is 61.8 Å². The molecular weight excluding hydrogens is 513 g/mol. The van der Waals surface area contributed by atoms with Crippen LogP contribution in [0, 0.1) is 0 Å². The zero-order valence-electron chi connectivity index (χ0n) is 22.0. The van der Waals surface area contributed by atoms with Crippen LogP contribution < -0.4 is 4.90 Å². The van der Waals surface area contributed by atoms with Crippen LogP contribution in [0.4, 0.5) is 10.1 Å². The van der Waals surface area contributed by atoms with Gasteiger partial charge >= 0.3 is 0 Å². The van der Waals surface area contributed by atoms with Crippen molar-refractivity contribution in [3.05, 3.63) is 133 Å². The average molecular weight is 540 g/mol. The van der Waals surface area contributed by atoms with Crippen LogP contribution in [0.15, 0.2) is 122 Å². The Hall–Kier alpha value is -4.61. The van der Waals surface area contributed by atoms with Gasteiger partial charge in [0.1, 0.15) is 0 Å². The Balaban J connectivity index is 1.35. The number of para-hydroxylation sites is 1. The van der Waals surface area contributed by atoms with Crippen LogP contribution in [0.3, 0.4) is 0 Å². The molecule has 1 atom stereocenters. The standard InChI is InChI=1S/C35H26FN3S/c1-37-18-19-38(22-37)26-11-7-8-23(20-26)34(36)24-14-15-27-28-16-17-32-33(29-12-5-6-13-31(29)40-32)35(28)39(30(27)21-24)25-9-3-2-4-10-25/h2-21,34H,22H2,1H3. The Morgan fingerprint density at radius 3 is 2.30 bits per heavy atom. The first-order chi connectivity index (χ1) is 19.7. The highest BCUT2D eigenvalue weighted by atomic mass is 32.1. The second kappa shape index (κ2) is 8.97. The Kier molecular flexibility index (Phi) is 5.22. The highest BCUT2D eigenvalue weighted by molar-refractivity contribution is 7.26. The number of halogens is 1. The molecule has 3 nitrogen and oxygen atoms in total. The van der Waals surface area contributed by atoms with Crippen molar-refractivity contribution in [3.8, 4) is 5.69 Å². The van der Waals surface area contributed by atoms with Crippen molar-refractivity contribution >= 4 is 59.0 Å². The third-order valence-corrected chi connectivity index (χ3v) is 9.11. The quantitative estimate of drug-likeness (QED) is 0.221. The van der Waals surface area contributed by atoms with Crippen molar-refractivity contribution in [1.82, 2.24) is 9.47 Å².